The van der Waals surface area contributed by atoms with Crippen LogP contribution in [0.25, 0.3) is 0 Å². The minimum Gasteiger partial charge on any atom is -0.458 e. The Labute approximate surface area is 88.1 Å². The van der Waals surface area contributed by atoms with Crippen LogP contribution in [0.1, 0.15) is 26.7 Å². The van der Waals surface area contributed by atoms with E-state index in [0.717, 1.165) is 0 Å². The summed E-state index contributed by atoms with van der Waals surface area (Å²) in [5.41, 5.74) is 0. The van der Waals surface area contributed by atoms with Gasteiger partial charge in [-0.25, -0.2) is 0 Å². The first kappa shape index (κ1) is 11.8. The molecule has 0 saturated carbocycles. The summed E-state index contributed by atoms with van der Waals surface area (Å²) in [6.07, 6.45) is -1.09. The van der Waals surface area contributed by atoms with Crippen molar-refractivity contribution in [2.24, 2.45) is 0 Å². The van der Waals surface area contributed by atoms with E-state index in [1.807, 2.05) is 0 Å². The molecule has 1 fully saturated rings. The van der Waals surface area contributed by atoms with Gasteiger partial charge in [0.2, 0.25) is 0 Å². The molecule has 4 atom stereocenters. The van der Waals surface area contributed by atoms with E-state index >= 15 is 0 Å². The normalized spacial score (nSPS) is 38.0. The lowest BCUT2D eigenvalue weighted by molar-refractivity contribution is -0.204. The molecule has 1 heterocycles. The van der Waals surface area contributed by atoms with E-state index < -0.39 is 12.4 Å². The van der Waals surface area contributed by atoms with E-state index in [9.17, 15) is 9.90 Å². The lowest BCUT2D eigenvalue weighted by Gasteiger charge is -2.35. The third-order valence-electron chi connectivity index (χ3n) is 2.17. The number of carbonyl (C=O) groups is 1. The molecule has 82 valence electrons. The molecule has 0 aromatic heterocycles. The van der Waals surface area contributed by atoms with Crippen molar-refractivity contribution in [3.63, 3.8) is 0 Å². The minimum atomic E-state index is -0.857. The monoisotopic (exact) mass is 222 g/mol. The Morgan fingerprint density at radius 3 is 2.86 bits per heavy atom. The van der Waals surface area contributed by atoms with Gasteiger partial charge in [-0.3, -0.25) is 4.79 Å². The summed E-state index contributed by atoms with van der Waals surface area (Å²) in [5, 5.41) is 8.83. The highest BCUT2D eigenvalue weighted by Gasteiger charge is 2.37. The van der Waals surface area contributed by atoms with Gasteiger partial charge in [0.1, 0.15) is 6.10 Å². The second kappa shape index (κ2) is 4.96. The number of ether oxygens (including phenoxy) is 2. The lowest BCUT2D eigenvalue weighted by atomic mass is 10.1. The topological polar surface area (TPSA) is 55.8 Å². The molecule has 0 spiro atoms. The number of esters is 1. The van der Waals surface area contributed by atoms with Crippen LogP contribution in [0.3, 0.4) is 0 Å². The molecular formula is C9H15ClO4. The molecule has 0 aliphatic carbocycles. The molecule has 5 heteroatoms. The zero-order chi connectivity index (χ0) is 10.7. The number of aliphatic hydroxyl groups is 1. The fourth-order valence-electron chi connectivity index (χ4n) is 1.41. The van der Waals surface area contributed by atoms with Crippen molar-refractivity contribution >= 4 is 17.6 Å². The first-order valence-electron chi connectivity index (χ1n) is 4.71. The second-order valence-corrected chi connectivity index (χ2v) is 3.92. The molecule has 1 N–H and O–H groups in total. The number of rotatable bonds is 2. The van der Waals surface area contributed by atoms with Gasteiger partial charge in [-0.05, 0) is 6.92 Å². The van der Waals surface area contributed by atoms with E-state index in [-0.39, 0.29) is 23.9 Å². The predicted molar refractivity (Wildman–Crippen MR) is 51.0 cm³/mol. The van der Waals surface area contributed by atoms with Crippen LogP contribution in [0.5, 0.6) is 0 Å². The van der Waals surface area contributed by atoms with Crippen molar-refractivity contribution in [1.82, 2.24) is 0 Å². The summed E-state index contributed by atoms with van der Waals surface area (Å²) >= 11 is 5.96. The van der Waals surface area contributed by atoms with Gasteiger partial charge in [0.05, 0.1) is 11.5 Å². The summed E-state index contributed by atoms with van der Waals surface area (Å²) in [7, 11) is 0. The average Bonchev–Trinajstić information content (AvgIpc) is 2.10. The SMILES string of the molecule is CCC(=O)O[C@@H]1[C@H](C)O[C@H](O)C[C@@H]1Cl. The smallest absolute Gasteiger partial charge is 0.305 e. The summed E-state index contributed by atoms with van der Waals surface area (Å²) in [6, 6.07) is 0. The Hall–Kier alpha value is -0.320. The summed E-state index contributed by atoms with van der Waals surface area (Å²) in [5.74, 6) is -0.299. The van der Waals surface area contributed by atoms with Crippen molar-refractivity contribution in [3.05, 3.63) is 0 Å². The molecule has 0 amide bonds. The molecule has 0 bridgehead atoms. The lowest BCUT2D eigenvalue weighted by Crippen LogP contribution is -2.46. The molecule has 0 unspecified atom stereocenters. The van der Waals surface area contributed by atoms with Crippen molar-refractivity contribution in [3.8, 4) is 0 Å². The van der Waals surface area contributed by atoms with Gasteiger partial charge >= 0.3 is 5.97 Å². The Kier molecular flexibility index (Phi) is 4.16. The van der Waals surface area contributed by atoms with Crippen molar-refractivity contribution in [2.75, 3.05) is 0 Å². The zero-order valence-electron chi connectivity index (χ0n) is 8.27. The number of hydrogen-bond acceptors (Lipinski definition) is 4. The van der Waals surface area contributed by atoms with Crippen LogP contribution in [0.2, 0.25) is 0 Å². The van der Waals surface area contributed by atoms with Crippen LogP contribution in [-0.4, -0.2) is 35.0 Å². The van der Waals surface area contributed by atoms with Crippen LogP contribution < -0.4 is 0 Å². The quantitative estimate of drug-likeness (QED) is 0.561. The van der Waals surface area contributed by atoms with Crippen LogP contribution >= 0.6 is 11.6 Å². The number of carbonyl (C=O) groups excluding carboxylic acids is 1. The molecule has 14 heavy (non-hydrogen) atoms. The van der Waals surface area contributed by atoms with Gasteiger partial charge in [0.15, 0.2) is 6.29 Å². The highest BCUT2D eigenvalue weighted by Crippen LogP contribution is 2.25. The van der Waals surface area contributed by atoms with Gasteiger partial charge in [0.25, 0.3) is 0 Å². The Morgan fingerprint density at radius 1 is 1.71 bits per heavy atom. The van der Waals surface area contributed by atoms with E-state index in [2.05, 4.69) is 0 Å². The number of hydrogen-bond donors (Lipinski definition) is 1. The number of halogens is 1. The van der Waals surface area contributed by atoms with Crippen LogP contribution in [0.15, 0.2) is 0 Å². The van der Waals surface area contributed by atoms with Gasteiger partial charge in [-0.2, -0.15) is 0 Å². The standard InChI is InChI=1S/C9H15ClO4/c1-3-7(11)14-9-5(2)13-8(12)4-6(9)10/h5-6,8-9,12H,3-4H2,1-2H3/t5-,6-,8-,9+/m0/s1. The van der Waals surface area contributed by atoms with Gasteiger partial charge in [-0.1, -0.05) is 6.92 Å². The predicted octanol–water partition coefficient (Wildman–Crippen LogP) is 1.04. The first-order valence-corrected chi connectivity index (χ1v) is 5.15. The van der Waals surface area contributed by atoms with Crippen molar-refractivity contribution in [1.29, 1.82) is 0 Å². The van der Waals surface area contributed by atoms with Gasteiger partial charge in [0, 0.05) is 12.8 Å². The van der Waals surface area contributed by atoms with E-state index in [1.54, 1.807) is 13.8 Å². The van der Waals surface area contributed by atoms with Crippen LogP contribution in [-0.2, 0) is 14.3 Å². The summed E-state index contributed by atoms with van der Waals surface area (Å²) in [6.45, 7) is 3.44. The maximum Gasteiger partial charge on any atom is 0.305 e. The maximum absolute atomic E-state index is 11.1. The van der Waals surface area contributed by atoms with Crippen molar-refractivity contribution in [2.45, 2.75) is 50.6 Å². The molecule has 0 aromatic carbocycles. The summed E-state index contributed by atoms with van der Waals surface area (Å²) in [4.78, 5) is 11.1. The zero-order valence-corrected chi connectivity index (χ0v) is 9.03. The summed E-state index contributed by atoms with van der Waals surface area (Å²) < 4.78 is 10.2. The number of alkyl halides is 1. The molecule has 1 saturated heterocycles. The van der Waals surface area contributed by atoms with E-state index in [0.29, 0.717) is 6.42 Å². The number of aliphatic hydroxyl groups excluding tert-OH is 1. The molecular weight excluding hydrogens is 208 g/mol. The van der Waals surface area contributed by atoms with Crippen LogP contribution in [0, 0.1) is 0 Å². The Balaban J connectivity index is 2.53. The third kappa shape index (κ3) is 2.83. The minimum absolute atomic E-state index is 0.285. The van der Waals surface area contributed by atoms with Crippen LogP contribution in [0.4, 0.5) is 0 Å². The Bertz CT molecular complexity index is 197. The molecule has 0 radical (unpaired) electrons. The molecule has 1 aliphatic rings. The fraction of sp³-hybridized carbons (Fsp3) is 0.889. The van der Waals surface area contributed by atoms with Gasteiger partial charge < -0.3 is 14.6 Å². The highest BCUT2D eigenvalue weighted by molar-refractivity contribution is 6.21. The molecule has 1 aliphatic heterocycles. The molecule has 1 rings (SSSR count). The maximum atomic E-state index is 11.1. The fourth-order valence-corrected chi connectivity index (χ4v) is 1.82. The van der Waals surface area contributed by atoms with E-state index in [4.69, 9.17) is 21.1 Å². The first-order chi connectivity index (χ1) is 6.54. The largest absolute Gasteiger partial charge is 0.458 e. The molecule has 0 aromatic rings. The second-order valence-electron chi connectivity index (χ2n) is 3.36. The van der Waals surface area contributed by atoms with Crippen molar-refractivity contribution < 1.29 is 19.4 Å². The average molecular weight is 223 g/mol. The molecule has 4 nitrogen and oxygen atoms in total. The Morgan fingerprint density at radius 2 is 2.36 bits per heavy atom. The van der Waals surface area contributed by atoms with E-state index in [1.165, 1.54) is 0 Å². The third-order valence-corrected chi connectivity index (χ3v) is 2.60. The highest BCUT2D eigenvalue weighted by atomic mass is 35.5. The van der Waals surface area contributed by atoms with Gasteiger partial charge in [-0.15, -0.1) is 11.6 Å².